The molecule has 1 aliphatic rings. The van der Waals surface area contributed by atoms with Crippen LogP contribution < -0.4 is 14.2 Å². The zero-order valence-electron chi connectivity index (χ0n) is 15.9. The van der Waals surface area contributed by atoms with Crippen LogP contribution in [0.3, 0.4) is 0 Å². The Bertz CT molecular complexity index is 1370. The Morgan fingerprint density at radius 3 is 2.58 bits per heavy atom. The van der Waals surface area contributed by atoms with Crippen molar-refractivity contribution in [2.75, 3.05) is 17.9 Å². The highest BCUT2D eigenvalue weighted by Crippen LogP contribution is 2.42. The summed E-state index contributed by atoms with van der Waals surface area (Å²) in [7, 11) is -3.94. The molecule has 31 heavy (non-hydrogen) atoms. The average Bonchev–Trinajstić information content (AvgIpc) is 3.29. The van der Waals surface area contributed by atoms with Crippen molar-refractivity contribution in [1.82, 2.24) is 15.2 Å². The summed E-state index contributed by atoms with van der Waals surface area (Å²) in [6.07, 6.45) is 1.42. The van der Waals surface area contributed by atoms with Gasteiger partial charge in [0.2, 0.25) is 5.16 Å². The number of ether oxygens (including phenoxy) is 2. The molecule has 1 aromatic heterocycles. The van der Waals surface area contributed by atoms with Gasteiger partial charge in [-0.3, -0.25) is 9.82 Å². The van der Waals surface area contributed by atoms with Crippen molar-refractivity contribution < 1.29 is 23.0 Å². The average molecular weight is 457 g/mol. The van der Waals surface area contributed by atoms with Crippen LogP contribution in [0.5, 0.6) is 17.2 Å². The van der Waals surface area contributed by atoms with Gasteiger partial charge < -0.3 is 14.6 Å². The van der Waals surface area contributed by atoms with Crippen molar-refractivity contribution in [1.29, 1.82) is 0 Å². The van der Waals surface area contributed by atoms with Gasteiger partial charge in [0.15, 0.2) is 11.5 Å². The number of rotatable bonds is 5. The van der Waals surface area contributed by atoms with Crippen LogP contribution in [-0.2, 0) is 10.0 Å². The summed E-state index contributed by atoms with van der Waals surface area (Å²) in [6, 6.07) is 13.0. The molecule has 0 saturated heterocycles. The van der Waals surface area contributed by atoms with E-state index in [1.165, 1.54) is 18.5 Å². The summed E-state index contributed by atoms with van der Waals surface area (Å²) in [5.74, 6) is 0.906. The fourth-order valence-corrected chi connectivity index (χ4v) is 5.11. The van der Waals surface area contributed by atoms with Crippen molar-refractivity contribution in [3.63, 3.8) is 0 Å². The van der Waals surface area contributed by atoms with Crippen molar-refractivity contribution in [2.45, 2.75) is 14.9 Å². The van der Waals surface area contributed by atoms with Gasteiger partial charge in [-0.25, -0.2) is 13.4 Å². The number of aromatic amines is 1. The molecule has 0 amide bonds. The SMILES string of the molecule is O=S(=O)(Nc1cc(Sc2nc[nH]n2)c(O)c2ccccc12)c1ccc2c(c1)OCCO2. The van der Waals surface area contributed by atoms with Gasteiger partial charge in [-0.1, -0.05) is 24.3 Å². The molecular formula is C20H16N4O5S2. The van der Waals surface area contributed by atoms with Gasteiger partial charge in [0.25, 0.3) is 10.0 Å². The first-order chi connectivity index (χ1) is 15.0. The first-order valence-corrected chi connectivity index (χ1v) is 11.5. The number of nitrogens with one attached hydrogen (secondary N) is 2. The van der Waals surface area contributed by atoms with Crippen molar-refractivity contribution in [3.8, 4) is 17.2 Å². The predicted octanol–water partition coefficient (Wildman–Crippen LogP) is 3.39. The molecule has 0 saturated carbocycles. The van der Waals surface area contributed by atoms with Crippen molar-refractivity contribution in [2.24, 2.45) is 0 Å². The maximum Gasteiger partial charge on any atom is 0.262 e. The fraction of sp³-hybridized carbons (Fsp3) is 0.100. The van der Waals surface area contributed by atoms with E-state index in [0.29, 0.717) is 51.2 Å². The van der Waals surface area contributed by atoms with Crippen molar-refractivity contribution >= 4 is 38.2 Å². The van der Waals surface area contributed by atoms with E-state index in [2.05, 4.69) is 19.9 Å². The number of nitrogens with zero attached hydrogens (tertiary/aromatic N) is 2. The van der Waals surface area contributed by atoms with E-state index >= 15 is 0 Å². The number of aromatic hydroxyl groups is 1. The highest BCUT2D eigenvalue weighted by molar-refractivity contribution is 7.99. The molecule has 3 N–H and O–H groups in total. The minimum Gasteiger partial charge on any atom is -0.506 e. The summed E-state index contributed by atoms with van der Waals surface area (Å²) in [5, 5.41) is 18.8. The molecule has 9 nitrogen and oxygen atoms in total. The van der Waals surface area contributed by atoms with E-state index in [-0.39, 0.29) is 10.6 Å². The Labute approximate surface area is 181 Å². The van der Waals surface area contributed by atoms with E-state index < -0.39 is 10.0 Å². The van der Waals surface area contributed by atoms with Gasteiger partial charge in [-0.05, 0) is 30.0 Å². The molecule has 0 spiro atoms. The second-order valence-electron chi connectivity index (χ2n) is 6.61. The monoisotopic (exact) mass is 456 g/mol. The third kappa shape index (κ3) is 3.73. The molecule has 2 heterocycles. The van der Waals surface area contributed by atoms with Gasteiger partial charge in [0, 0.05) is 16.8 Å². The van der Waals surface area contributed by atoms with Crippen LogP contribution in [0.25, 0.3) is 10.8 Å². The lowest BCUT2D eigenvalue weighted by Crippen LogP contribution is -2.17. The molecule has 0 radical (unpaired) electrons. The van der Waals surface area contributed by atoms with Crippen LogP contribution in [0.1, 0.15) is 0 Å². The first-order valence-electron chi connectivity index (χ1n) is 9.22. The van der Waals surface area contributed by atoms with Crippen molar-refractivity contribution in [3.05, 3.63) is 54.9 Å². The highest BCUT2D eigenvalue weighted by atomic mass is 32.2. The first kappa shape index (κ1) is 19.5. The zero-order chi connectivity index (χ0) is 21.4. The molecule has 11 heteroatoms. The second kappa shape index (κ2) is 7.67. The Hall–Kier alpha value is -3.44. The number of hydrogen-bond acceptors (Lipinski definition) is 8. The van der Waals surface area contributed by atoms with Crippen LogP contribution in [0.15, 0.2) is 69.8 Å². The molecule has 5 rings (SSSR count). The van der Waals surface area contributed by atoms with Gasteiger partial charge in [-0.15, -0.1) is 5.10 Å². The number of anilines is 1. The van der Waals surface area contributed by atoms with Crippen LogP contribution in [-0.4, -0.2) is 41.9 Å². The molecule has 158 valence electrons. The fourth-order valence-electron chi connectivity index (χ4n) is 3.24. The topological polar surface area (TPSA) is 126 Å². The Kier molecular flexibility index (Phi) is 4.83. The maximum atomic E-state index is 13.1. The van der Waals surface area contributed by atoms with E-state index in [1.807, 2.05) is 0 Å². The van der Waals surface area contributed by atoms with Crippen LogP contribution >= 0.6 is 11.8 Å². The van der Waals surface area contributed by atoms with Crippen LogP contribution in [0, 0.1) is 0 Å². The largest absolute Gasteiger partial charge is 0.506 e. The summed E-state index contributed by atoms with van der Waals surface area (Å²) in [5.41, 5.74) is 0.321. The molecule has 3 aromatic carbocycles. The standard InChI is InChI=1S/C20H16N4O5S2/c25-19-14-4-2-1-3-13(14)15(10-18(19)30-20-21-11-22-23-20)24-31(26,27)12-5-6-16-17(9-12)29-8-7-28-16/h1-6,9-11,24-25H,7-8H2,(H,21,22,23). The molecule has 0 unspecified atom stereocenters. The number of benzene rings is 3. The lowest BCUT2D eigenvalue weighted by atomic mass is 10.1. The zero-order valence-corrected chi connectivity index (χ0v) is 17.5. The summed E-state index contributed by atoms with van der Waals surface area (Å²) in [6.45, 7) is 0.774. The maximum absolute atomic E-state index is 13.1. The lowest BCUT2D eigenvalue weighted by molar-refractivity contribution is 0.171. The quantitative estimate of drug-likeness (QED) is 0.390. The molecule has 1 aliphatic heterocycles. The Morgan fingerprint density at radius 1 is 1.03 bits per heavy atom. The third-order valence-corrected chi connectivity index (χ3v) is 6.92. The van der Waals surface area contributed by atoms with Gasteiger partial charge in [0.05, 0.1) is 15.5 Å². The number of fused-ring (bicyclic) bond motifs is 2. The number of sulfonamides is 1. The Morgan fingerprint density at radius 2 is 1.81 bits per heavy atom. The number of aromatic nitrogens is 3. The van der Waals surface area contributed by atoms with E-state index in [4.69, 9.17) is 9.47 Å². The number of phenolic OH excluding ortho intramolecular Hbond substituents is 1. The minimum atomic E-state index is -3.94. The number of H-pyrrole nitrogens is 1. The normalized spacial score (nSPS) is 13.3. The predicted molar refractivity (Wildman–Crippen MR) is 114 cm³/mol. The van der Waals surface area contributed by atoms with E-state index in [1.54, 1.807) is 36.4 Å². The number of hydrogen-bond donors (Lipinski definition) is 3. The molecule has 0 aliphatic carbocycles. The summed E-state index contributed by atoms with van der Waals surface area (Å²) in [4.78, 5) is 4.50. The minimum absolute atomic E-state index is 0.0210. The van der Waals surface area contributed by atoms with Gasteiger partial charge in [-0.2, -0.15) is 0 Å². The smallest absolute Gasteiger partial charge is 0.262 e. The molecule has 0 atom stereocenters. The Balaban J connectivity index is 1.57. The van der Waals surface area contributed by atoms with Crippen LogP contribution in [0.4, 0.5) is 5.69 Å². The molecule has 0 fully saturated rings. The van der Waals surface area contributed by atoms with Gasteiger partial charge in [0.1, 0.15) is 25.3 Å². The molecule has 4 aromatic rings. The molecule has 0 bridgehead atoms. The summed E-state index contributed by atoms with van der Waals surface area (Å²) < 4.78 is 39.9. The second-order valence-corrected chi connectivity index (χ2v) is 9.30. The third-order valence-electron chi connectivity index (χ3n) is 4.64. The van der Waals surface area contributed by atoms with E-state index in [0.717, 1.165) is 11.8 Å². The van der Waals surface area contributed by atoms with E-state index in [9.17, 15) is 13.5 Å². The summed E-state index contributed by atoms with van der Waals surface area (Å²) >= 11 is 1.12. The van der Waals surface area contributed by atoms with Gasteiger partial charge >= 0.3 is 0 Å². The highest BCUT2D eigenvalue weighted by Gasteiger charge is 2.22. The number of phenols is 1. The molecular weight excluding hydrogens is 440 g/mol. The van der Waals surface area contributed by atoms with Crippen LogP contribution in [0.2, 0.25) is 0 Å². The lowest BCUT2D eigenvalue weighted by Gasteiger charge is -2.19.